The maximum absolute atomic E-state index is 12.3. The van der Waals surface area contributed by atoms with Gasteiger partial charge in [0.25, 0.3) is 5.91 Å². The summed E-state index contributed by atoms with van der Waals surface area (Å²) >= 11 is 0. The number of benzene rings is 1. The summed E-state index contributed by atoms with van der Waals surface area (Å²) in [7, 11) is 1.49. The van der Waals surface area contributed by atoms with Crippen LogP contribution in [0, 0.1) is 5.92 Å². The molecule has 2 rings (SSSR count). The first-order valence-corrected chi connectivity index (χ1v) is 9.75. The molecule has 1 aliphatic rings. The van der Waals surface area contributed by atoms with E-state index in [1.165, 1.54) is 13.2 Å². The van der Waals surface area contributed by atoms with Crippen molar-refractivity contribution in [2.75, 3.05) is 40.0 Å². The molecule has 0 atom stereocenters. The number of ether oxygens (including phenoxy) is 2. The van der Waals surface area contributed by atoms with Gasteiger partial charge in [0.1, 0.15) is 0 Å². The Morgan fingerprint density at radius 2 is 1.83 bits per heavy atom. The number of amides is 4. The van der Waals surface area contributed by atoms with Crippen molar-refractivity contribution in [2.45, 2.75) is 12.8 Å². The molecule has 0 aliphatic carbocycles. The minimum absolute atomic E-state index is 0.107. The van der Waals surface area contributed by atoms with E-state index in [2.05, 4.69) is 10.6 Å². The van der Waals surface area contributed by atoms with Gasteiger partial charge < -0.3 is 19.7 Å². The Bertz CT molecular complexity index is 757. The average molecular weight is 417 g/mol. The summed E-state index contributed by atoms with van der Waals surface area (Å²) in [5, 5.41) is 4.49. The van der Waals surface area contributed by atoms with E-state index in [1.807, 2.05) is 30.3 Å². The lowest BCUT2D eigenvalue weighted by atomic mass is 9.97. The first-order valence-electron chi connectivity index (χ1n) is 9.75. The van der Waals surface area contributed by atoms with Crippen LogP contribution in [-0.2, 0) is 23.9 Å². The van der Waals surface area contributed by atoms with Crippen molar-refractivity contribution < 1.29 is 28.7 Å². The van der Waals surface area contributed by atoms with Crippen molar-refractivity contribution in [1.29, 1.82) is 0 Å². The summed E-state index contributed by atoms with van der Waals surface area (Å²) in [4.78, 5) is 49.2. The molecule has 9 heteroatoms. The van der Waals surface area contributed by atoms with Crippen LogP contribution >= 0.6 is 0 Å². The quantitative estimate of drug-likeness (QED) is 0.370. The largest absolute Gasteiger partial charge is 0.455 e. The van der Waals surface area contributed by atoms with Gasteiger partial charge in [-0.3, -0.25) is 19.7 Å². The summed E-state index contributed by atoms with van der Waals surface area (Å²) in [5.41, 5.74) is 0.940. The second-order valence-electron chi connectivity index (χ2n) is 6.75. The Labute approximate surface area is 175 Å². The third kappa shape index (κ3) is 8.04. The molecule has 0 spiro atoms. The van der Waals surface area contributed by atoms with Crippen LogP contribution in [-0.4, -0.2) is 68.7 Å². The molecular formula is C21H27N3O6. The number of nitrogens with zero attached hydrogens (tertiary/aromatic N) is 1. The molecule has 1 aromatic carbocycles. The standard InChI is InChI=1S/C21H27N3O6/c1-29-14-11-22-21(28)23-18(25)15-30-20(27)17-9-12-24(13-10-17)19(26)8-7-16-5-3-2-4-6-16/h2-8,17H,9-15H2,1H3,(H2,22,23,25,28)/b8-7+. The zero-order valence-electron chi connectivity index (χ0n) is 17.0. The molecule has 0 aromatic heterocycles. The number of methoxy groups -OCH3 is 1. The number of rotatable bonds is 8. The van der Waals surface area contributed by atoms with E-state index < -0.39 is 24.5 Å². The second kappa shape index (κ2) is 12.4. The number of esters is 1. The highest BCUT2D eigenvalue weighted by molar-refractivity contribution is 5.95. The topological polar surface area (TPSA) is 114 Å². The first kappa shape index (κ1) is 23.1. The highest BCUT2D eigenvalue weighted by atomic mass is 16.5. The Balaban J connectivity index is 1.67. The van der Waals surface area contributed by atoms with Gasteiger partial charge in [0.05, 0.1) is 12.5 Å². The van der Waals surface area contributed by atoms with Gasteiger partial charge >= 0.3 is 12.0 Å². The summed E-state index contributed by atoms with van der Waals surface area (Å²) in [6, 6.07) is 8.84. The predicted octanol–water partition coefficient (Wildman–Crippen LogP) is 0.954. The number of carbonyl (C=O) groups excluding carboxylic acids is 4. The van der Waals surface area contributed by atoms with Gasteiger partial charge in [0.15, 0.2) is 6.61 Å². The van der Waals surface area contributed by atoms with E-state index in [0.717, 1.165) is 5.56 Å². The molecule has 0 unspecified atom stereocenters. The fourth-order valence-electron chi connectivity index (χ4n) is 2.90. The molecule has 162 valence electrons. The smallest absolute Gasteiger partial charge is 0.321 e. The van der Waals surface area contributed by atoms with Crippen molar-refractivity contribution in [1.82, 2.24) is 15.5 Å². The fraction of sp³-hybridized carbons (Fsp3) is 0.429. The molecule has 30 heavy (non-hydrogen) atoms. The molecule has 1 saturated heterocycles. The SMILES string of the molecule is COCCNC(=O)NC(=O)COC(=O)C1CCN(C(=O)/C=C/c2ccccc2)CC1. The van der Waals surface area contributed by atoms with Crippen molar-refractivity contribution >= 4 is 29.9 Å². The molecule has 2 N–H and O–H groups in total. The molecule has 0 saturated carbocycles. The molecule has 4 amide bonds. The summed E-state index contributed by atoms with van der Waals surface area (Å²) in [6.45, 7) is 0.917. The molecule has 1 aromatic rings. The third-order valence-corrected chi connectivity index (χ3v) is 4.55. The summed E-state index contributed by atoms with van der Waals surface area (Å²) in [6.07, 6.45) is 4.20. The van der Waals surface area contributed by atoms with Gasteiger partial charge in [-0.15, -0.1) is 0 Å². The Morgan fingerprint density at radius 3 is 2.50 bits per heavy atom. The van der Waals surface area contributed by atoms with E-state index >= 15 is 0 Å². The molecule has 0 radical (unpaired) electrons. The van der Waals surface area contributed by atoms with Gasteiger partial charge in [-0.2, -0.15) is 0 Å². The third-order valence-electron chi connectivity index (χ3n) is 4.55. The van der Waals surface area contributed by atoms with Crippen LogP contribution in [0.15, 0.2) is 36.4 Å². The van der Waals surface area contributed by atoms with Gasteiger partial charge in [0, 0.05) is 32.8 Å². The molecule has 1 fully saturated rings. The Kier molecular flexibility index (Phi) is 9.53. The number of urea groups is 1. The van der Waals surface area contributed by atoms with E-state index in [-0.39, 0.29) is 18.4 Å². The van der Waals surface area contributed by atoms with Crippen LogP contribution < -0.4 is 10.6 Å². The average Bonchev–Trinajstić information content (AvgIpc) is 2.76. The summed E-state index contributed by atoms with van der Waals surface area (Å²) in [5.74, 6) is -1.70. The zero-order valence-corrected chi connectivity index (χ0v) is 17.0. The molecule has 0 bridgehead atoms. The van der Waals surface area contributed by atoms with Crippen molar-refractivity contribution in [2.24, 2.45) is 5.92 Å². The van der Waals surface area contributed by atoms with Crippen LogP contribution in [0.4, 0.5) is 4.79 Å². The van der Waals surface area contributed by atoms with Crippen LogP contribution in [0.25, 0.3) is 6.08 Å². The van der Waals surface area contributed by atoms with Crippen LogP contribution in [0.3, 0.4) is 0 Å². The van der Waals surface area contributed by atoms with Gasteiger partial charge in [-0.25, -0.2) is 4.79 Å². The van der Waals surface area contributed by atoms with Gasteiger partial charge in [0.2, 0.25) is 5.91 Å². The molecule has 9 nitrogen and oxygen atoms in total. The number of nitrogens with one attached hydrogen (secondary N) is 2. The van der Waals surface area contributed by atoms with E-state index in [0.29, 0.717) is 32.5 Å². The predicted molar refractivity (Wildman–Crippen MR) is 109 cm³/mol. The first-order chi connectivity index (χ1) is 14.5. The maximum atomic E-state index is 12.3. The van der Waals surface area contributed by atoms with Crippen LogP contribution in [0.1, 0.15) is 18.4 Å². The Hall–Kier alpha value is -3.20. The fourth-order valence-corrected chi connectivity index (χ4v) is 2.90. The zero-order chi connectivity index (χ0) is 21.8. The monoisotopic (exact) mass is 417 g/mol. The number of imide groups is 1. The lowest BCUT2D eigenvalue weighted by Crippen LogP contribution is -2.43. The number of hydrogen-bond acceptors (Lipinski definition) is 6. The van der Waals surface area contributed by atoms with Crippen molar-refractivity contribution in [3.05, 3.63) is 42.0 Å². The highest BCUT2D eigenvalue weighted by Crippen LogP contribution is 2.19. The number of piperidine rings is 1. The number of likely N-dealkylation sites (tertiary alicyclic amines) is 1. The summed E-state index contributed by atoms with van der Waals surface area (Å²) < 4.78 is 9.77. The number of carbonyl (C=O) groups is 4. The van der Waals surface area contributed by atoms with Crippen LogP contribution in [0.2, 0.25) is 0 Å². The minimum Gasteiger partial charge on any atom is -0.455 e. The lowest BCUT2D eigenvalue weighted by Gasteiger charge is -2.30. The highest BCUT2D eigenvalue weighted by Gasteiger charge is 2.28. The van der Waals surface area contributed by atoms with Gasteiger partial charge in [-0.05, 0) is 24.5 Å². The van der Waals surface area contributed by atoms with E-state index in [9.17, 15) is 19.2 Å². The molecule has 1 heterocycles. The lowest BCUT2D eigenvalue weighted by molar-refractivity contribution is -0.154. The van der Waals surface area contributed by atoms with E-state index in [1.54, 1.807) is 11.0 Å². The molecule has 1 aliphatic heterocycles. The van der Waals surface area contributed by atoms with Crippen molar-refractivity contribution in [3.63, 3.8) is 0 Å². The maximum Gasteiger partial charge on any atom is 0.321 e. The van der Waals surface area contributed by atoms with Crippen molar-refractivity contribution in [3.8, 4) is 0 Å². The van der Waals surface area contributed by atoms with Gasteiger partial charge in [-0.1, -0.05) is 30.3 Å². The normalized spacial score (nSPS) is 14.4. The van der Waals surface area contributed by atoms with Crippen LogP contribution in [0.5, 0.6) is 0 Å². The van der Waals surface area contributed by atoms with E-state index in [4.69, 9.17) is 9.47 Å². The second-order valence-corrected chi connectivity index (χ2v) is 6.75. The number of hydrogen-bond donors (Lipinski definition) is 2. The molecular weight excluding hydrogens is 390 g/mol. The minimum atomic E-state index is -0.711. The Morgan fingerprint density at radius 1 is 1.13 bits per heavy atom.